The lowest BCUT2D eigenvalue weighted by atomic mass is 10.1. The summed E-state index contributed by atoms with van der Waals surface area (Å²) in [5.41, 5.74) is 1.78. The van der Waals surface area contributed by atoms with Gasteiger partial charge in [-0.25, -0.2) is 4.63 Å². The molecule has 1 rings (SSSR count). The minimum atomic E-state index is 0.443. The van der Waals surface area contributed by atoms with Gasteiger partial charge >= 0.3 is 0 Å². The molecule has 0 radical (unpaired) electrons. The Labute approximate surface area is 88.8 Å². The summed E-state index contributed by atoms with van der Waals surface area (Å²) in [5, 5.41) is 7.44. The predicted molar refractivity (Wildman–Crippen MR) is 62.9 cm³/mol. The van der Waals surface area contributed by atoms with Crippen LogP contribution in [0.15, 0.2) is 4.63 Å². The molecule has 0 aromatic carbocycles. The maximum atomic E-state index is 4.55. The topological polar surface area (TPSA) is 38.9 Å². The molecular formula is C10H21N2OP. The molecule has 0 aliphatic rings. The molecule has 4 heteroatoms. The van der Waals surface area contributed by atoms with Crippen molar-refractivity contribution in [2.24, 2.45) is 0 Å². The lowest BCUT2D eigenvalue weighted by Gasteiger charge is -2.01. The van der Waals surface area contributed by atoms with Crippen LogP contribution in [-0.2, 0) is 0 Å². The quantitative estimate of drug-likeness (QED) is 0.729. The summed E-state index contributed by atoms with van der Waals surface area (Å²) in [6.45, 7) is 8.58. The Morgan fingerprint density at radius 3 is 2.07 bits per heavy atom. The molecule has 1 aromatic rings. The van der Waals surface area contributed by atoms with Crippen LogP contribution in [-0.4, -0.2) is 10.3 Å². The first-order chi connectivity index (χ1) is 6.67. The van der Waals surface area contributed by atoms with E-state index in [0.29, 0.717) is 5.92 Å². The van der Waals surface area contributed by atoms with Gasteiger partial charge < -0.3 is 0 Å². The van der Waals surface area contributed by atoms with Crippen LogP contribution < -0.4 is 5.44 Å². The molecule has 1 heterocycles. The van der Waals surface area contributed by atoms with Gasteiger partial charge in [-0.2, -0.15) is 0 Å². The number of rotatable bonds is 3. The smallest absolute Gasteiger partial charge is 0.124 e. The molecule has 2 unspecified atom stereocenters. The van der Waals surface area contributed by atoms with Crippen molar-refractivity contribution in [3.63, 3.8) is 0 Å². The fourth-order valence-corrected chi connectivity index (χ4v) is 1.12. The minimum Gasteiger partial charge on any atom is -0.244 e. The fourth-order valence-electron chi connectivity index (χ4n) is 0.738. The van der Waals surface area contributed by atoms with E-state index >= 15 is 0 Å². The third kappa shape index (κ3) is 4.71. The largest absolute Gasteiger partial charge is 0.244 e. The second-order valence-corrected chi connectivity index (χ2v) is 3.89. The van der Waals surface area contributed by atoms with Gasteiger partial charge in [-0.15, -0.1) is 0 Å². The van der Waals surface area contributed by atoms with Crippen molar-refractivity contribution in [1.29, 1.82) is 0 Å². The van der Waals surface area contributed by atoms with Gasteiger partial charge in [-0.3, -0.25) is 0 Å². The van der Waals surface area contributed by atoms with Gasteiger partial charge in [0.2, 0.25) is 0 Å². The Bertz CT molecular complexity index is 236. The third-order valence-corrected chi connectivity index (χ3v) is 2.52. The Hall–Kier alpha value is -0.430. The maximum Gasteiger partial charge on any atom is 0.124 e. The average Bonchev–Trinajstić information content (AvgIpc) is 2.64. The maximum absolute atomic E-state index is 4.55. The van der Waals surface area contributed by atoms with Crippen LogP contribution in [0.25, 0.3) is 0 Å². The van der Waals surface area contributed by atoms with Gasteiger partial charge in [0, 0.05) is 5.92 Å². The zero-order chi connectivity index (χ0) is 11.0. The molecule has 14 heavy (non-hydrogen) atoms. The molecular weight excluding hydrogens is 195 g/mol. The van der Waals surface area contributed by atoms with Gasteiger partial charge in [0.1, 0.15) is 11.1 Å². The SMILES string of the molecule is CCC(C)c1nonc1P.CCCC. The number of hydrogen-bond acceptors (Lipinski definition) is 3. The summed E-state index contributed by atoms with van der Waals surface area (Å²) in [6, 6.07) is 0. The zero-order valence-electron chi connectivity index (χ0n) is 9.58. The van der Waals surface area contributed by atoms with Gasteiger partial charge in [-0.05, 0) is 6.42 Å². The van der Waals surface area contributed by atoms with Crippen molar-refractivity contribution < 1.29 is 4.63 Å². The molecule has 0 bridgehead atoms. The highest BCUT2D eigenvalue weighted by atomic mass is 31.0. The zero-order valence-corrected chi connectivity index (χ0v) is 10.7. The van der Waals surface area contributed by atoms with Crippen molar-refractivity contribution in [2.75, 3.05) is 0 Å². The van der Waals surface area contributed by atoms with E-state index in [9.17, 15) is 0 Å². The predicted octanol–water partition coefficient (Wildman–Crippen LogP) is 2.89. The summed E-state index contributed by atoms with van der Waals surface area (Å²) in [4.78, 5) is 0. The molecule has 0 N–H and O–H groups in total. The molecule has 3 nitrogen and oxygen atoms in total. The lowest BCUT2D eigenvalue weighted by molar-refractivity contribution is 0.303. The number of hydrogen-bond donors (Lipinski definition) is 0. The van der Waals surface area contributed by atoms with Crippen LogP contribution >= 0.6 is 9.24 Å². The second kappa shape index (κ2) is 7.93. The first-order valence-corrected chi connectivity index (χ1v) is 5.82. The van der Waals surface area contributed by atoms with Crippen molar-refractivity contribution in [3.05, 3.63) is 5.69 Å². The van der Waals surface area contributed by atoms with E-state index < -0.39 is 0 Å². The third-order valence-electron chi connectivity index (χ3n) is 2.12. The Morgan fingerprint density at radius 1 is 1.21 bits per heavy atom. The molecule has 0 saturated heterocycles. The lowest BCUT2D eigenvalue weighted by Crippen LogP contribution is -2.03. The molecule has 2 atom stereocenters. The van der Waals surface area contributed by atoms with Crippen LogP contribution in [0.5, 0.6) is 0 Å². The van der Waals surface area contributed by atoms with Crippen LogP contribution in [0.3, 0.4) is 0 Å². The Morgan fingerprint density at radius 2 is 1.79 bits per heavy atom. The van der Waals surface area contributed by atoms with E-state index in [4.69, 9.17) is 0 Å². The highest BCUT2D eigenvalue weighted by Gasteiger charge is 2.11. The van der Waals surface area contributed by atoms with Crippen molar-refractivity contribution in [3.8, 4) is 0 Å². The summed E-state index contributed by atoms with van der Waals surface area (Å²) < 4.78 is 4.55. The first-order valence-electron chi connectivity index (χ1n) is 5.25. The molecule has 0 fully saturated rings. The van der Waals surface area contributed by atoms with Gasteiger partial charge in [0.15, 0.2) is 0 Å². The number of unbranched alkanes of at least 4 members (excludes halogenated alkanes) is 1. The molecule has 82 valence electrons. The summed E-state index contributed by atoms with van der Waals surface area (Å²) in [6.07, 6.45) is 3.70. The summed E-state index contributed by atoms with van der Waals surface area (Å²) >= 11 is 0. The van der Waals surface area contributed by atoms with Crippen molar-refractivity contribution >= 4 is 14.7 Å². The van der Waals surface area contributed by atoms with Crippen LogP contribution in [0.1, 0.15) is 58.6 Å². The molecule has 0 aliphatic heterocycles. The van der Waals surface area contributed by atoms with Gasteiger partial charge in [0.25, 0.3) is 0 Å². The van der Waals surface area contributed by atoms with Gasteiger partial charge in [0.05, 0.1) is 0 Å². The molecule has 1 aromatic heterocycles. The van der Waals surface area contributed by atoms with E-state index in [1.165, 1.54) is 12.8 Å². The fraction of sp³-hybridized carbons (Fsp3) is 0.800. The summed E-state index contributed by atoms with van der Waals surface area (Å²) in [7, 11) is 2.50. The highest BCUT2D eigenvalue weighted by Crippen LogP contribution is 2.14. The van der Waals surface area contributed by atoms with E-state index in [1.54, 1.807) is 0 Å². The number of aromatic nitrogens is 2. The minimum absolute atomic E-state index is 0.443. The number of nitrogens with zero attached hydrogens (tertiary/aromatic N) is 2. The molecule has 0 spiro atoms. The molecule has 0 saturated carbocycles. The van der Waals surface area contributed by atoms with Crippen molar-refractivity contribution in [1.82, 2.24) is 10.3 Å². The normalized spacial score (nSPS) is 11.8. The van der Waals surface area contributed by atoms with E-state index in [0.717, 1.165) is 17.5 Å². The monoisotopic (exact) mass is 216 g/mol. The van der Waals surface area contributed by atoms with E-state index in [1.807, 2.05) is 0 Å². The van der Waals surface area contributed by atoms with Gasteiger partial charge in [-0.1, -0.05) is 60.1 Å². The van der Waals surface area contributed by atoms with E-state index in [2.05, 4.69) is 51.9 Å². The molecule has 0 amide bonds. The van der Waals surface area contributed by atoms with E-state index in [-0.39, 0.29) is 0 Å². The molecule has 0 aliphatic carbocycles. The van der Waals surface area contributed by atoms with Crippen molar-refractivity contribution in [2.45, 2.75) is 52.9 Å². The Kier molecular flexibility index (Phi) is 7.68. The van der Waals surface area contributed by atoms with Crippen LogP contribution in [0, 0.1) is 0 Å². The van der Waals surface area contributed by atoms with Crippen LogP contribution in [0.2, 0.25) is 0 Å². The average molecular weight is 216 g/mol. The van der Waals surface area contributed by atoms with Crippen LogP contribution in [0.4, 0.5) is 0 Å². The standard InChI is InChI=1S/C6H11N2OP.C4H10/c1-3-4(2)5-6(10)8-9-7-5;1-3-4-2/h4H,3,10H2,1-2H3;3-4H2,1-2H3. The summed E-state index contributed by atoms with van der Waals surface area (Å²) in [5.74, 6) is 0.443. The second-order valence-electron chi connectivity index (χ2n) is 3.34. The highest BCUT2D eigenvalue weighted by molar-refractivity contribution is 7.27. The first kappa shape index (κ1) is 13.6. The Balaban J connectivity index is 0.000000364.